The Kier molecular flexibility index (Phi) is 11.4. The summed E-state index contributed by atoms with van der Waals surface area (Å²) in [6, 6.07) is 14.1. The van der Waals surface area contributed by atoms with Gasteiger partial charge in [-0.3, -0.25) is 0 Å². The normalized spacial score (nSPS) is 11.5. The molecule has 0 radical (unpaired) electrons. The Morgan fingerprint density at radius 3 is 2.28 bits per heavy atom. The number of methoxy groups -OCH3 is 1. The first-order chi connectivity index (χ1) is 13.8. The molecule has 0 bridgehead atoms. The molecular weight excluding hydrogens is 374 g/mol. The Bertz CT molecular complexity index is 717. The van der Waals surface area contributed by atoms with Gasteiger partial charge < -0.3 is 30.1 Å². The monoisotopic (exact) mass is 405 g/mol. The van der Waals surface area contributed by atoms with Crippen LogP contribution in [0.25, 0.3) is 0 Å². The molecule has 0 aliphatic rings. The third-order valence-electron chi connectivity index (χ3n) is 3.86. The summed E-state index contributed by atoms with van der Waals surface area (Å²) in [5, 5.41) is 30.2. The number of aliphatic hydroxyl groups is 1. The highest BCUT2D eigenvalue weighted by Crippen LogP contribution is 2.14. The number of aliphatic hydroxyl groups excluding tert-OH is 1. The fourth-order valence-corrected chi connectivity index (χ4v) is 2.25. The lowest BCUT2D eigenvalue weighted by molar-refractivity contribution is 0.0693. The minimum atomic E-state index is -1.11. The predicted molar refractivity (Wildman–Crippen MR) is 112 cm³/mol. The molecule has 7 nitrogen and oxygen atoms in total. The Hall–Kier alpha value is -2.61. The third kappa shape index (κ3) is 10.5. The second-order valence-corrected chi connectivity index (χ2v) is 6.74. The molecule has 0 aromatic heterocycles. The van der Waals surface area contributed by atoms with E-state index in [0.29, 0.717) is 19.2 Å². The van der Waals surface area contributed by atoms with Gasteiger partial charge in [-0.05, 0) is 36.2 Å². The summed E-state index contributed by atoms with van der Waals surface area (Å²) in [5.74, 6) is -0.530. The maximum Gasteiger partial charge on any atom is 0.339 e. The molecule has 2 rings (SSSR count). The number of phenols is 1. The predicted octanol–water partition coefficient (Wildman–Crippen LogP) is 2.70. The molecule has 1 atom stereocenters. The van der Waals surface area contributed by atoms with E-state index in [-0.39, 0.29) is 11.3 Å². The Labute approximate surface area is 171 Å². The minimum Gasteiger partial charge on any atom is -0.507 e. The van der Waals surface area contributed by atoms with Crippen molar-refractivity contribution >= 4 is 5.97 Å². The number of carboxylic acid groups (broad SMARTS) is 1. The molecule has 0 fully saturated rings. The van der Waals surface area contributed by atoms with Gasteiger partial charge in [0.2, 0.25) is 0 Å². The fraction of sp³-hybridized carbons (Fsp3) is 0.409. The number of carbonyl (C=O) groups is 1. The highest BCUT2D eigenvalue weighted by molar-refractivity contribution is 5.90. The minimum absolute atomic E-state index is 0.0671. The smallest absolute Gasteiger partial charge is 0.339 e. The number of rotatable bonds is 10. The summed E-state index contributed by atoms with van der Waals surface area (Å²) >= 11 is 0. The number of nitrogens with one attached hydrogen (secondary N) is 1. The molecule has 0 spiro atoms. The van der Waals surface area contributed by atoms with Crippen molar-refractivity contribution in [1.29, 1.82) is 0 Å². The summed E-state index contributed by atoms with van der Waals surface area (Å²) in [5.41, 5.74) is 1.15. The quantitative estimate of drug-likeness (QED) is 0.481. The van der Waals surface area contributed by atoms with Crippen LogP contribution in [0.3, 0.4) is 0 Å². The summed E-state index contributed by atoms with van der Waals surface area (Å²) in [4.78, 5) is 10.3. The molecular formula is C22H31NO6. The van der Waals surface area contributed by atoms with Crippen LogP contribution in [-0.4, -0.2) is 60.3 Å². The van der Waals surface area contributed by atoms with Gasteiger partial charge in [0.05, 0.1) is 6.61 Å². The lowest BCUT2D eigenvalue weighted by Gasteiger charge is -2.15. The van der Waals surface area contributed by atoms with E-state index in [1.165, 1.54) is 17.7 Å². The first kappa shape index (κ1) is 24.4. The van der Waals surface area contributed by atoms with Crippen molar-refractivity contribution in [3.8, 4) is 11.5 Å². The molecule has 0 saturated heterocycles. The molecule has 0 aliphatic heterocycles. The topological polar surface area (TPSA) is 108 Å². The molecule has 2 aromatic carbocycles. The Morgan fingerprint density at radius 2 is 1.76 bits per heavy atom. The van der Waals surface area contributed by atoms with Crippen LogP contribution in [0.2, 0.25) is 0 Å². The van der Waals surface area contributed by atoms with E-state index < -0.39 is 12.1 Å². The van der Waals surface area contributed by atoms with Crippen LogP contribution >= 0.6 is 0 Å². The van der Waals surface area contributed by atoms with Gasteiger partial charge in [0.1, 0.15) is 29.8 Å². The van der Waals surface area contributed by atoms with Crippen LogP contribution in [0, 0.1) is 0 Å². The van der Waals surface area contributed by atoms with Crippen LogP contribution in [0.15, 0.2) is 48.5 Å². The maximum absolute atomic E-state index is 10.3. The van der Waals surface area contributed by atoms with E-state index in [2.05, 4.69) is 5.32 Å². The number of ether oxygens (including phenoxy) is 2. The van der Waals surface area contributed by atoms with Crippen LogP contribution in [0.1, 0.15) is 29.8 Å². The zero-order valence-corrected chi connectivity index (χ0v) is 17.2. The Morgan fingerprint density at radius 1 is 1.10 bits per heavy atom. The number of hydrogen-bond donors (Lipinski definition) is 4. The van der Waals surface area contributed by atoms with Crippen molar-refractivity contribution in [2.24, 2.45) is 0 Å². The summed E-state index contributed by atoms with van der Waals surface area (Å²) in [6.45, 7) is 5.67. The fourth-order valence-electron chi connectivity index (χ4n) is 2.25. The van der Waals surface area contributed by atoms with Crippen molar-refractivity contribution in [3.05, 3.63) is 59.7 Å². The number of hydrogen-bond acceptors (Lipinski definition) is 6. The van der Waals surface area contributed by atoms with Gasteiger partial charge in [0, 0.05) is 19.7 Å². The second-order valence-electron chi connectivity index (χ2n) is 6.74. The van der Waals surface area contributed by atoms with E-state index >= 15 is 0 Å². The van der Waals surface area contributed by atoms with E-state index in [1.807, 2.05) is 38.1 Å². The molecule has 29 heavy (non-hydrogen) atoms. The van der Waals surface area contributed by atoms with E-state index in [0.717, 1.165) is 18.8 Å². The molecule has 0 saturated carbocycles. The first-order valence-electron chi connectivity index (χ1n) is 9.46. The molecule has 1 unspecified atom stereocenters. The van der Waals surface area contributed by atoms with Gasteiger partial charge >= 0.3 is 5.97 Å². The summed E-state index contributed by atoms with van der Waals surface area (Å²) in [7, 11) is 1.70. The van der Waals surface area contributed by atoms with Crippen LogP contribution in [0.5, 0.6) is 11.5 Å². The number of aromatic hydroxyl groups is 1. The van der Waals surface area contributed by atoms with Gasteiger partial charge in [-0.15, -0.1) is 0 Å². The zero-order chi connectivity index (χ0) is 21.6. The average molecular weight is 405 g/mol. The van der Waals surface area contributed by atoms with Gasteiger partial charge in [-0.1, -0.05) is 38.1 Å². The van der Waals surface area contributed by atoms with Crippen LogP contribution in [-0.2, 0) is 11.2 Å². The second kappa shape index (κ2) is 13.5. The SMILES string of the molecule is COCCc1ccc(OCC(O)CNC(C)C)cc1.O=C(O)c1ccccc1O. The molecule has 0 amide bonds. The molecule has 2 aromatic rings. The highest BCUT2D eigenvalue weighted by atomic mass is 16.5. The number of para-hydroxylation sites is 1. The largest absolute Gasteiger partial charge is 0.507 e. The van der Waals surface area contributed by atoms with E-state index in [9.17, 15) is 9.90 Å². The number of benzene rings is 2. The molecule has 4 N–H and O–H groups in total. The van der Waals surface area contributed by atoms with Crippen LogP contribution in [0.4, 0.5) is 0 Å². The lowest BCUT2D eigenvalue weighted by atomic mass is 10.1. The number of aromatic carboxylic acids is 1. The zero-order valence-electron chi connectivity index (χ0n) is 17.2. The lowest BCUT2D eigenvalue weighted by Crippen LogP contribution is -2.35. The average Bonchev–Trinajstić information content (AvgIpc) is 2.70. The first-order valence-corrected chi connectivity index (χ1v) is 9.46. The van der Waals surface area contributed by atoms with Crippen molar-refractivity contribution in [2.75, 3.05) is 26.9 Å². The summed E-state index contributed by atoms with van der Waals surface area (Å²) in [6.07, 6.45) is 0.410. The standard InChI is InChI=1S/C15H25NO3.C7H6O3/c1-12(2)16-10-14(17)11-19-15-6-4-13(5-7-15)8-9-18-3;8-6-4-2-1-3-5(6)7(9)10/h4-7,12,14,16-17H,8-11H2,1-3H3;1-4,8H,(H,9,10). The van der Waals surface area contributed by atoms with Gasteiger partial charge in [0.25, 0.3) is 0 Å². The molecule has 0 heterocycles. The van der Waals surface area contributed by atoms with Gasteiger partial charge in [0.15, 0.2) is 0 Å². The molecule has 7 heteroatoms. The van der Waals surface area contributed by atoms with E-state index in [1.54, 1.807) is 19.2 Å². The number of carboxylic acids is 1. The van der Waals surface area contributed by atoms with E-state index in [4.69, 9.17) is 19.7 Å². The maximum atomic E-state index is 10.3. The highest BCUT2D eigenvalue weighted by Gasteiger charge is 2.06. The van der Waals surface area contributed by atoms with Crippen molar-refractivity contribution in [3.63, 3.8) is 0 Å². The van der Waals surface area contributed by atoms with Crippen molar-refractivity contribution < 1.29 is 29.6 Å². The summed E-state index contributed by atoms with van der Waals surface area (Å²) < 4.78 is 10.6. The molecule has 0 aliphatic carbocycles. The Balaban J connectivity index is 0.000000352. The van der Waals surface area contributed by atoms with Gasteiger partial charge in [-0.25, -0.2) is 4.79 Å². The molecule has 160 valence electrons. The van der Waals surface area contributed by atoms with Crippen LogP contribution < -0.4 is 10.1 Å². The van der Waals surface area contributed by atoms with Crippen molar-refractivity contribution in [2.45, 2.75) is 32.4 Å². The van der Waals surface area contributed by atoms with Gasteiger partial charge in [-0.2, -0.15) is 0 Å². The third-order valence-corrected chi connectivity index (χ3v) is 3.86. The van der Waals surface area contributed by atoms with Crippen molar-refractivity contribution in [1.82, 2.24) is 5.32 Å².